The predicted octanol–water partition coefficient (Wildman–Crippen LogP) is 4.23. The number of nitrogens with zero attached hydrogens (tertiary/aromatic N) is 1. The Labute approximate surface area is 163 Å². The molecule has 0 fully saturated rings. The highest BCUT2D eigenvalue weighted by molar-refractivity contribution is 7.17. The number of thiophene rings is 1. The van der Waals surface area contributed by atoms with E-state index >= 15 is 0 Å². The van der Waals surface area contributed by atoms with Gasteiger partial charge in [0.05, 0.1) is 15.4 Å². The molecule has 8 heteroatoms. The van der Waals surface area contributed by atoms with Gasteiger partial charge in [-0.05, 0) is 48.6 Å². The van der Waals surface area contributed by atoms with Crippen LogP contribution >= 0.6 is 22.7 Å². The van der Waals surface area contributed by atoms with Gasteiger partial charge >= 0.3 is 0 Å². The Balaban J connectivity index is 1.42. The van der Waals surface area contributed by atoms with Crippen LogP contribution in [0, 0.1) is 0 Å². The third-order valence-electron chi connectivity index (χ3n) is 4.14. The third-order valence-corrected chi connectivity index (χ3v) is 6.06. The third kappa shape index (κ3) is 3.81. The Hall–Kier alpha value is -2.84. The van der Waals surface area contributed by atoms with Crippen molar-refractivity contribution in [1.82, 2.24) is 4.98 Å². The van der Waals surface area contributed by atoms with E-state index in [1.54, 1.807) is 30.3 Å². The maximum Gasteiger partial charge on any atom is 0.265 e. The summed E-state index contributed by atoms with van der Waals surface area (Å²) in [7, 11) is 0. The highest BCUT2D eigenvalue weighted by atomic mass is 32.1. The lowest BCUT2D eigenvalue weighted by Gasteiger charge is -2.06. The molecule has 2 amide bonds. The van der Waals surface area contributed by atoms with E-state index in [1.807, 2.05) is 11.4 Å². The molecule has 1 aliphatic carbocycles. The molecule has 0 saturated carbocycles. The van der Waals surface area contributed by atoms with E-state index in [0.29, 0.717) is 32.6 Å². The highest BCUT2D eigenvalue weighted by Gasteiger charge is 2.23. The predicted molar refractivity (Wildman–Crippen MR) is 106 cm³/mol. The number of ketones is 1. The lowest BCUT2D eigenvalue weighted by Crippen LogP contribution is -2.13. The normalized spacial score (nSPS) is 13.1. The van der Waals surface area contributed by atoms with Gasteiger partial charge in [-0.1, -0.05) is 17.4 Å². The van der Waals surface area contributed by atoms with Crippen LogP contribution < -0.4 is 10.6 Å². The molecule has 2 aromatic heterocycles. The second kappa shape index (κ2) is 7.42. The fraction of sp³-hybridized carbons (Fsp3) is 0.158. The molecule has 0 atom stereocenters. The maximum absolute atomic E-state index is 12.4. The first-order chi connectivity index (χ1) is 13.1. The van der Waals surface area contributed by atoms with E-state index in [-0.39, 0.29) is 17.6 Å². The Morgan fingerprint density at radius 1 is 1.00 bits per heavy atom. The summed E-state index contributed by atoms with van der Waals surface area (Å²) in [4.78, 5) is 42.0. The minimum absolute atomic E-state index is 0.0973. The Morgan fingerprint density at radius 3 is 2.52 bits per heavy atom. The molecule has 0 bridgehead atoms. The van der Waals surface area contributed by atoms with Crippen LogP contribution in [0.25, 0.3) is 0 Å². The standard InChI is InChI=1S/C19H15N3O3S2/c23-14-4-1-3-13-16(14)27-19(21-13)22-17(24)11-6-8-12(9-7-11)20-18(25)15-5-2-10-26-15/h2,5-10H,1,3-4H2,(H,20,25)(H,21,22,24). The SMILES string of the molecule is O=C(Nc1nc2c(s1)C(=O)CCC2)c1ccc(NC(=O)c2cccs2)cc1. The number of thiazole rings is 1. The van der Waals surface area contributed by atoms with E-state index in [1.165, 1.54) is 22.7 Å². The number of carbonyl (C=O) groups excluding carboxylic acids is 3. The molecule has 0 unspecified atom stereocenters. The molecule has 1 aromatic carbocycles. The Kier molecular flexibility index (Phi) is 4.83. The fourth-order valence-corrected chi connectivity index (χ4v) is 4.39. The van der Waals surface area contributed by atoms with Gasteiger partial charge in [-0.2, -0.15) is 0 Å². The summed E-state index contributed by atoms with van der Waals surface area (Å²) >= 11 is 2.59. The minimum Gasteiger partial charge on any atom is -0.321 e. The van der Waals surface area contributed by atoms with Gasteiger partial charge in [0.2, 0.25) is 0 Å². The van der Waals surface area contributed by atoms with Crippen LogP contribution in [0.2, 0.25) is 0 Å². The van der Waals surface area contributed by atoms with Gasteiger partial charge in [0.25, 0.3) is 11.8 Å². The maximum atomic E-state index is 12.4. The van der Waals surface area contributed by atoms with Gasteiger partial charge in [0.15, 0.2) is 10.9 Å². The van der Waals surface area contributed by atoms with Gasteiger partial charge in [-0.3, -0.25) is 19.7 Å². The summed E-state index contributed by atoms with van der Waals surface area (Å²) in [6.07, 6.45) is 2.12. The molecule has 0 radical (unpaired) electrons. The Bertz CT molecular complexity index is 1010. The summed E-state index contributed by atoms with van der Waals surface area (Å²) in [5, 5.41) is 7.82. The van der Waals surface area contributed by atoms with Crippen LogP contribution in [-0.4, -0.2) is 22.6 Å². The fourth-order valence-electron chi connectivity index (χ4n) is 2.80. The molecule has 2 heterocycles. The first kappa shape index (κ1) is 17.6. The number of aromatic nitrogens is 1. The Morgan fingerprint density at radius 2 is 1.81 bits per heavy atom. The first-order valence-corrected chi connectivity index (χ1v) is 10.1. The molecule has 27 heavy (non-hydrogen) atoms. The van der Waals surface area contributed by atoms with Crippen molar-refractivity contribution < 1.29 is 14.4 Å². The van der Waals surface area contributed by atoms with Gasteiger partial charge in [-0.15, -0.1) is 11.3 Å². The van der Waals surface area contributed by atoms with Gasteiger partial charge < -0.3 is 5.32 Å². The topological polar surface area (TPSA) is 88.2 Å². The van der Waals surface area contributed by atoms with Crippen LogP contribution in [0.4, 0.5) is 10.8 Å². The van der Waals surface area contributed by atoms with Crippen molar-refractivity contribution in [1.29, 1.82) is 0 Å². The second-order valence-corrected chi connectivity index (χ2v) is 7.98. The first-order valence-electron chi connectivity index (χ1n) is 8.39. The van der Waals surface area contributed by atoms with Crippen LogP contribution in [0.15, 0.2) is 41.8 Å². The number of Topliss-reactive ketones (excluding diaryl/α,β-unsaturated/α-hetero) is 1. The number of aryl methyl sites for hydroxylation is 1. The average Bonchev–Trinajstić information content (AvgIpc) is 3.32. The molecule has 0 saturated heterocycles. The van der Waals surface area contributed by atoms with Gasteiger partial charge in [0, 0.05) is 17.7 Å². The van der Waals surface area contributed by atoms with E-state index in [9.17, 15) is 14.4 Å². The quantitative estimate of drug-likeness (QED) is 0.690. The summed E-state index contributed by atoms with van der Waals surface area (Å²) in [6, 6.07) is 10.2. The number of anilines is 2. The van der Waals surface area contributed by atoms with Crippen LogP contribution in [0.1, 0.15) is 48.2 Å². The van der Waals surface area contributed by atoms with Gasteiger partial charge in [-0.25, -0.2) is 4.98 Å². The zero-order valence-electron chi connectivity index (χ0n) is 14.2. The van der Waals surface area contributed by atoms with Crippen LogP contribution in [0.3, 0.4) is 0 Å². The summed E-state index contributed by atoms with van der Waals surface area (Å²) < 4.78 is 0. The summed E-state index contributed by atoms with van der Waals surface area (Å²) in [5.74, 6) is -0.384. The number of amides is 2. The van der Waals surface area contributed by atoms with Crippen LogP contribution in [0.5, 0.6) is 0 Å². The molecule has 1 aliphatic rings. The lowest BCUT2D eigenvalue weighted by molar-refractivity contribution is 0.0974. The van der Waals surface area contributed by atoms with Crippen molar-refractivity contribution in [3.05, 3.63) is 62.8 Å². The molecule has 0 spiro atoms. The second-order valence-electron chi connectivity index (χ2n) is 6.03. The van der Waals surface area contributed by atoms with Crippen molar-refractivity contribution in [2.24, 2.45) is 0 Å². The molecule has 6 nitrogen and oxygen atoms in total. The van der Waals surface area contributed by atoms with Crippen LogP contribution in [-0.2, 0) is 6.42 Å². The average molecular weight is 397 g/mol. The molecular formula is C19H15N3O3S2. The smallest absolute Gasteiger partial charge is 0.265 e. The highest BCUT2D eigenvalue weighted by Crippen LogP contribution is 2.29. The number of rotatable bonds is 4. The molecular weight excluding hydrogens is 382 g/mol. The number of hydrogen-bond acceptors (Lipinski definition) is 6. The zero-order valence-corrected chi connectivity index (χ0v) is 15.8. The molecule has 0 aliphatic heterocycles. The molecule has 4 rings (SSSR count). The summed E-state index contributed by atoms with van der Waals surface area (Å²) in [5.41, 5.74) is 1.84. The minimum atomic E-state index is -0.301. The number of nitrogens with one attached hydrogen (secondary N) is 2. The number of benzene rings is 1. The van der Waals surface area contributed by atoms with Crippen molar-refractivity contribution >= 4 is 51.1 Å². The number of hydrogen-bond donors (Lipinski definition) is 2. The van der Waals surface area contributed by atoms with Crippen molar-refractivity contribution in [2.75, 3.05) is 10.6 Å². The van der Waals surface area contributed by atoms with E-state index in [2.05, 4.69) is 15.6 Å². The van der Waals surface area contributed by atoms with E-state index < -0.39 is 0 Å². The largest absolute Gasteiger partial charge is 0.321 e. The number of fused-ring (bicyclic) bond motifs is 1. The molecule has 2 N–H and O–H groups in total. The van der Waals surface area contributed by atoms with Crippen molar-refractivity contribution in [3.63, 3.8) is 0 Å². The van der Waals surface area contributed by atoms with Gasteiger partial charge in [0.1, 0.15) is 0 Å². The van der Waals surface area contributed by atoms with Crippen molar-refractivity contribution in [2.45, 2.75) is 19.3 Å². The monoisotopic (exact) mass is 397 g/mol. The zero-order chi connectivity index (χ0) is 18.8. The molecule has 136 valence electrons. The number of carbonyl (C=O) groups is 3. The molecule has 3 aromatic rings. The summed E-state index contributed by atoms with van der Waals surface area (Å²) in [6.45, 7) is 0. The van der Waals surface area contributed by atoms with Crippen molar-refractivity contribution in [3.8, 4) is 0 Å². The van der Waals surface area contributed by atoms with E-state index in [0.717, 1.165) is 18.5 Å². The van der Waals surface area contributed by atoms with E-state index in [4.69, 9.17) is 0 Å². The lowest BCUT2D eigenvalue weighted by atomic mass is 10.0.